The topological polar surface area (TPSA) is 41.1 Å². The van der Waals surface area contributed by atoms with Crippen LogP contribution < -0.4 is 10.2 Å². The van der Waals surface area contributed by atoms with Gasteiger partial charge in [-0.15, -0.1) is 0 Å². The summed E-state index contributed by atoms with van der Waals surface area (Å²) in [6.07, 6.45) is 8.95. The minimum Gasteiger partial charge on any atom is -0.341 e. The summed E-state index contributed by atoms with van der Waals surface area (Å²) < 4.78 is 0. The van der Waals surface area contributed by atoms with Gasteiger partial charge in [-0.05, 0) is 37.6 Å². The maximum Gasteiger partial charge on any atom is 0.225 e. The van der Waals surface area contributed by atoms with E-state index in [1.54, 1.807) is 0 Å². The van der Waals surface area contributed by atoms with Gasteiger partial charge < -0.3 is 10.2 Å². The molecule has 0 aliphatic heterocycles. The van der Waals surface area contributed by atoms with Crippen LogP contribution in [0.25, 0.3) is 0 Å². The van der Waals surface area contributed by atoms with Crippen molar-refractivity contribution < 1.29 is 0 Å². The van der Waals surface area contributed by atoms with Crippen molar-refractivity contribution in [3.8, 4) is 0 Å². The zero-order valence-electron chi connectivity index (χ0n) is 13.3. The van der Waals surface area contributed by atoms with Gasteiger partial charge in [0.15, 0.2) is 0 Å². The maximum absolute atomic E-state index is 4.52. The minimum atomic E-state index is 0.508. The van der Waals surface area contributed by atoms with Crippen LogP contribution in [0.5, 0.6) is 0 Å². The van der Waals surface area contributed by atoms with Crippen LogP contribution in [0.3, 0.4) is 0 Å². The molecular formula is C16H28N4. The molecule has 0 atom stereocenters. The van der Waals surface area contributed by atoms with E-state index >= 15 is 0 Å². The number of nitrogens with zero attached hydrogens (tertiary/aromatic N) is 3. The number of hydrogen-bond acceptors (Lipinski definition) is 4. The third kappa shape index (κ3) is 3.92. The molecule has 1 aliphatic rings. The summed E-state index contributed by atoms with van der Waals surface area (Å²) in [6.45, 7) is 8.66. The highest BCUT2D eigenvalue weighted by atomic mass is 15.2. The number of aromatic nitrogens is 2. The summed E-state index contributed by atoms with van der Waals surface area (Å²) in [6, 6.07) is 0.586. The fourth-order valence-corrected chi connectivity index (χ4v) is 2.83. The van der Waals surface area contributed by atoms with Gasteiger partial charge in [-0.1, -0.05) is 20.8 Å². The van der Waals surface area contributed by atoms with Crippen molar-refractivity contribution in [2.75, 3.05) is 18.5 Å². The van der Waals surface area contributed by atoms with Gasteiger partial charge in [0, 0.05) is 37.6 Å². The molecule has 0 radical (unpaired) electrons. The molecule has 0 unspecified atom stereocenters. The van der Waals surface area contributed by atoms with Gasteiger partial charge in [-0.2, -0.15) is 0 Å². The van der Waals surface area contributed by atoms with E-state index < -0.39 is 0 Å². The first-order valence-corrected chi connectivity index (χ1v) is 7.76. The summed E-state index contributed by atoms with van der Waals surface area (Å²) in [7, 11) is 2.13. The first-order valence-electron chi connectivity index (χ1n) is 7.76. The highest BCUT2D eigenvalue weighted by molar-refractivity contribution is 5.30. The zero-order valence-corrected chi connectivity index (χ0v) is 13.3. The Hall–Kier alpha value is -1.16. The third-order valence-electron chi connectivity index (χ3n) is 4.44. The van der Waals surface area contributed by atoms with Crippen LogP contribution in [0.15, 0.2) is 12.4 Å². The summed E-state index contributed by atoms with van der Waals surface area (Å²) in [5.41, 5.74) is 1.65. The van der Waals surface area contributed by atoms with Crippen molar-refractivity contribution in [1.82, 2.24) is 15.3 Å². The number of hydrogen-bond donors (Lipinski definition) is 1. The van der Waals surface area contributed by atoms with Crippen molar-refractivity contribution >= 4 is 5.95 Å². The van der Waals surface area contributed by atoms with Gasteiger partial charge in [-0.25, -0.2) is 9.97 Å². The molecule has 0 saturated heterocycles. The van der Waals surface area contributed by atoms with Crippen LogP contribution >= 0.6 is 0 Å². The van der Waals surface area contributed by atoms with Crippen molar-refractivity contribution in [3.05, 3.63) is 18.0 Å². The quantitative estimate of drug-likeness (QED) is 0.897. The SMILES string of the molecule is CCNCc1cnc(N(C)C2CCC(C)(C)CC2)nc1. The predicted molar refractivity (Wildman–Crippen MR) is 83.9 cm³/mol. The lowest BCUT2D eigenvalue weighted by Gasteiger charge is -2.38. The van der Waals surface area contributed by atoms with Crippen LogP contribution in [0.4, 0.5) is 5.95 Å². The van der Waals surface area contributed by atoms with Gasteiger partial charge in [0.25, 0.3) is 0 Å². The van der Waals surface area contributed by atoms with Crippen molar-refractivity contribution in [3.63, 3.8) is 0 Å². The van der Waals surface area contributed by atoms with Crippen LogP contribution in [0.2, 0.25) is 0 Å². The molecule has 1 N–H and O–H groups in total. The third-order valence-corrected chi connectivity index (χ3v) is 4.44. The van der Waals surface area contributed by atoms with Crippen molar-refractivity contribution in [1.29, 1.82) is 0 Å². The second-order valence-electron chi connectivity index (χ2n) is 6.68. The van der Waals surface area contributed by atoms with E-state index in [4.69, 9.17) is 0 Å². The van der Waals surface area contributed by atoms with Crippen LogP contribution in [-0.2, 0) is 6.54 Å². The largest absolute Gasteiger partial charge is 0.341 e. The van der Waals surface area contributed by atoms with Crippen molar-refractivity contribution in [2.45, 2.75) is 59.0 Å². The summed E-state index contributed by atoms with van der Waals surface area (Å²) in [4.78, 5) is 11.3. The average molecular weight is 276 g/mol. The molecule has 1 saturated carbocycles. The van der Waals surface area contributed by atoms with E-state index in [-0.39, 0.29) is 0 Å². The number of rotatable bonds is 5. The predicted octanol–water partition coefficient (Wildman–Crippen LogP) is 2.99. The molecule has 0 aromatic carbocycles. The molecule has 1 aromatic rings. The number of anilines is 1. The van der Waals surface area contributed by atoms with Crippen LogP contribution in [0.1, 0.15) is 52.0 Å². The molecule has 1 fully saturated rings. The summed E-state index contributed by atoms with van der Waals surface area (Å²) in [5, 5.41) is 3.29. The molecule has 2 rings (SSSR count). The molecule has 0 spiro atoms. The summed E-state index contributed by atoms with van der Waals surface area (Å²) >= 11 is 0. The Bertz CT molecular complexity index is 403. The molecule has 1 heterocycles. The van der Waals surface area contributed by atoms with Gasteiger partial charge in [0.1, 0.15) is 0 Å². The second kappa shape index (κ2) is 6.53. The highest BCUT2D eigenvalue weighted by Crippen LogP contribution is 2.37. The van der Waals surface area contributed by atoms with Gasteiger partial charge in [-0.3, -0.25) is 0 Å². The highest BCUT2D eigenvalue weighted by Gasteiger charge is 2.29. The molecule has 4 nitrogen and oxygen atoms in total. The molecule has 1 aromatic heterocycles. The van der Waals surface area contributed by atoms with Crippen LogP contribution in [0, 0.1) is 5.41 Å². The Balaban J connectivity index is 1.94. The van der Waals surface area contributed by atoms with Gasteiger partial charge >= 0.3 is 0 Å². The first-order chi connectivity index (χ1) is 9.52. The molecule has 20 heavy (non-hydrogen) atoms. The zero-order chi connectivity index (χ0) is 14.6. The fraction of sp³-hybridized carbons (Fsp3) is 0.750. The molecular weight excluding hydrogens is 248 g/mol. The average Bonchev–Trinajstić information content (AvgIpc) is 2.45. The van der Waals surface area contributed by atoms with Gasteiger partial charge in [0.05, 0.1) is 0 Å². The lowest BCUT2D eigenvalue weighted by molar-refractivity contribution is 0.222. The van der Waals surface area contributed by atoms with Crippen LogP contribution in [-0.4, -0.2) is 29.6 Å². The molecule has 1 aliphatic carbocycles. The Labute approximate surface area is 123 Å². The molecule has 0 bridgehead atoms. The Morgan fingerprint density at radius 1 is 1.25 bits per heavy atom. The van der Waals surface area contributed by atoms with E-state index in [9.17, 15) is 0 Å². The Kier molecular flexibility index (Phi) is 4.97. The first kappa shape index (κ1) is 15.2. The standard InChI is InChI=1S/C16H28N4/c1-5-17-10-13-11-18-15(19-12-13)20(4)14-6-8-16(2,3)9-7-14/h11-12,14,17H,5-10H2,1-4H3. The van der Waals surface area contributed by atoms with E-state index in [0.29, 0.717) is 11.5 Å². The molecule has 4 heteroatoms. The second-order valence-corrected chi connectivity index (χ2v) is 6.68. The van der Waals surface area contributed by atoms with E-state index in [2.05, 4.69) is 48.0 Å². The van der Waals surface area contributed by atoms with E-state index in [1.807, 2.05) is 12.4 Å². The van der Waals surface area contributed by atoms with E-state index in [0.717, 1.165) is 24.6 Å². The Morgan fingerprint density at radius 3 is 2.40 bits per heavy atom. The number of nitrogens with one attached hydrogen (secondary N) is 1. The normalized spacial score (nSPS) is 19.0. The van der Waals surface area contributed by atoms with Crippen molar-refractivity contribution in [2.24, 2.45) is 5.41 Å². The maximum atomic E-state index is 4.52. The molecule has 0 amide bonds. The minimum absolute atomic E-state index is 0.508. The lowest BCUT2D eigenvalue weighted by atomic mass is 9.75. The lowest BCUT2D eigenvalue weighted by Crippen LogP contribution is -2.38. The van der Waals surface area contributed by atoms with Gasteiger partial charge in [0.2, 0.25) is 5.95 Å². The summed E-state index contributed by atoms with van der Waals surface area (Å²) in [5.74, 6) is 0.856. The van der Waals surface area contributed by atoms with E-state index in [1.165, 1.54) is 25.7 Å². The Morgan fingerprint density at radius 2 is 1.85 bits per heavy atom. The molecule has 112 valence electrons. The fourth-order valence-electron chi connectivity index (χ4n) is 2.83. The monoisotopic (exact) mass is 276 g/mol. The smallest absolute Gasteiger partial charge is 0.225 e.